The summed E-state index contributed by atoms with van der Waals surface area (Å²) in [5.74, 6) is 0.701. The number of amides is 1. The fourth-order valence-corrected chi connectivity index (χ4v) is 6.51. The molecule has 220 valence electrons. The van der Waals surface area contributed by atoms with Crippen LogP contribution in [0.1, 0.15) is 36.9 Å². The van der Waals surface area contributed by atoms with Crippen molar-refractivity contribution in [2.75, 3.05) is 39.4 Å². The van der Waals surface area contributed by atoms with Crippen LogP contribution in [-0.4, -0.2) is 72.3 Å². The summed E-state index contributed by atoms with van der Waals surface area (Å²) in [6.07, 6.45) is -0.950. The van der Waals surface area contributed by atoms with Crippen molar-refractivity contribution in [3.8, 4) is 16.3 Å². The average Bonchev–Trinajstić information content (AvgIpc) is 3.36. The van der Waals surface area contributed by atoms with Crippen LogP contribution < -0.4 is 4.74 Å². The van der Waals surface area contributed by atoms with E-state index in [1.807, 2.05) is 32.0 Å². The smallest absolute Gasteiger partial charge is 0.409 e. The summed E-state index contributed by atoms with van der Waals surface area (Å²) >= 11 is 3.32. The molecule has 0 bridgehead atoms. The first-order valence-electron chi connectivity index (χ1n) is 13.7. The van der Waals surface area contributed by atoms with Gasteiger partial charge in [-0.2, -0.15) is 0 Å². The molecule has 0 saturated carbocycles. The van der Waals surface area contributed by atoms with E-state index in [-0.39, 0.29) is 17.9 Å². The van der Waals surface area contributed by atoms with Gasteiger partial charge in [0.1, 0.15) is 16.6 Å². The minimum atomic E-state index is -0.684. The number of rotatable bonds is 11. The van der Waals surface area contributed by atoms with E-state index in [9.17, 15) is 14.0 Å². The number of hydrogen-bond donors (Lipinski definition) is 0. The lowest BCUT2D eigenvalue weighted by molar-refractivity contribution is -0.150. The van der Waals surface area contributed by atoms with Crippen molar-refractivity contribution in [3.63, 3.8) is 0 Å². The molecular formula is C30H36FN3O5S2. The van der Waals surface area contributed by atoms with Crippen LogP contribution in [0, 0.1) is 12.7 Å². The second kappa shape index (κ2) is 14.7. The third-order valence-corrected chi connectivity index (χ3v) is 8.93. The molecule has 1 aliphatic rings. The van der Waals surface area contributed by atoms with E-state index in [1.54, 1.807) is 54.0 Å². The fraction of sp³-hybridized carbons (Fsp3) is 0.433. The minimum absolute atomic E-state index is 0.265. The molecule has 8 nitrogen and oxygen atoms in total. The number of thiazole rings is 1. The quantitative estimate of drug-likeness (QED) is 0.191. The third kappa shape index (κ3) is 8.43. The molecule has 4 rings (SSSR count). The van der Waals surface area contributed by atoms with Gasteiger partial charge in [-0.1, -0.05) is 0 Å². The monoisotopic (exact) mass is 601 g/mol. The molecule has 2 heterocycles. The molecule has 1 saturated heterocycles. The first-order chi connectivity index (χ1) is 19.8. The van der Waals surface area contributed by atoms with Crippen LogP contribution in [0.5, 0.6) is 5.75 Å². The predicted molar refractivity (Wildman–Crippen MR) is 159 cm³/mol. The first-order valence-corrected chi connectivity index (χ1v) is 15.5. The number of piperazine rings is 1. The SMILES string of the molecule is CCOC(=O)C(C)Oc1ccc(SCc2sc(-c3ccc(F)cc3)nc2CN2CCN(C(=O)OCC)CC2)cc1C. The number of benzene rings is 2. The molecule has 0 radical (unpaired) electrons. The lowest BCUT2D eigenvalue weighted by atomic mass is 10.2. The van der Waals surface area contributed by atoms with Crippen molar-refractivity contribution >= 4 is 35.2 Å². The number of hydrogen-bond acceptors (Lipinski definition) is 9. The van der Waals surface area contributed by atoms with E-state index in [4.69, 9.17) is 19.2 Å². The molecule has 1 atom stereocenters. The van der Waals surface area contributed by atoms with Gasteiger partial charge in [0.05, 0.1) is 18.9 Å². The highest BCUT2D eigenvalue weighted by atomic mass is 32.2. The standard InChI is InChI=1S/C30H36FN3O5S2/c1-5-37-29(35)21(4)39-26-12-11-24(17-20(26)3)40-19-27-25(32-28(41-27)22-7-9-23(31)10-8-22)18-33-13-15-34(16-14-33)30(36)38-6-2/h7-12,17,21H,5-6,13-16,18-19H2,1-4H3. The Morgan fingerprint density at radius 2 is 1.76 bits per heavy atom. The Hall–Kier alpha value is -3.15. The Morgan fingerprint density at radius 1 is 1.05 bits per heavy atom. The maximum Gasteiger partial charge on any atom is 0.409 e. The van der Waals surface area contributed by atoms with Crippen molar-refractivity contribution in [2.24, 2.45) is 0 Å². The molecule has 1 unspecified atom stereocenters. The number of nitrogens with zero attached hydrogens (tertiary/aromatic N) is 3. The van der Waals surface area contributed by atoms with Gasteiger partial charge < -0.3 is 19.1 Å². The van der Waals surface area contributed by atoms with Crippen LogP contribution in [0.3, 0.4) is 0 Å². The highest BCUT2D eigenvalue weighted by molar-refractivity contribution is 7.98. The van der Waals surface area contributed by atoms with Gasteiger partial charge in [0.15, 0.2) is 6.10 Å². The van der Waals surface area contributed by atoms with E-state index >= 15 is 0 Å². The van der Waals surface area contributed by atoms with Crippen molar-refractivity contribution in [1.29, 1.82) is 0 Å². The molecule has 41 heavy (non-hydrogen) atoms. The highest BCUT2D eigenvalue weighted by Crippen LogP contribution is 2.35. The molecule has 1 amide bonds. The Labute approximate surface area is 248 Å². The Bertz CT molecular complexity index is 1330. The maximum absolute atomic E-state index is 13.6. The molecule has 2 aromatic carbocycles. The van der Waals surface area contributed by atoms with E-state index in [0.29, 0.717) is 38.6 Å². The molecular weight excluding hydrogens is 565 g/mol. The summed E-state index contributed by atoms with van der Waals surface area (Å²) in [7, 11) is 0. The maximum atomic E-state index is 13.6. The van der Waals surface area contributed by atoms with Crippen LogP contribution in [0.4, 0.5) is 9.18 Å². The predicted octanol–water partition coefficient (Wildman–Crippen LogP) is 6.15. The summed E-state index contributed by atoms with van der Waals surface area (Å²) < 4.78 is 29.6. The van der Waals surface area contributed by atoms with E-state index in [0.717, 1.165) is 50.4 Å². The van der Waals surface area contributed by atoms with Crippen molar-refractivity contribution in [3.05, 3.63) is 64.4 Å². The number of aromatic nitrogens is 1. The van der Waals surface area contributed by atoms with Gasteiger partial charge in [0.25, 0.3) is 0 Å². The van der Waals surface area contributed by atoms with Gasteiger partial charge in [-0.25, -0.2) is 19.0 Å². The number of thioether (sulfide) groups is 1. The summed E-state index contributed by atoms with van der Waals surface area (Å²) in [6, 6.07) is 12.3. The van der Waals surface area contributed by atoms with E-state index in [1.165, 1.54) is 12.1 Å². The molecule has 0 N–H and O–H groups in total. The van der Waals surface area contributed by atoms with E-state index in [2.05, 4.69) is 4.90 Å². The molecule has 11 heteroatoms. The van der Waals surface area contributed by atoms with Crippen molar-refractivity contribution in [1.82, 2.24) is 14.8 Å². The van der Waals surface area contributed by atoms with Gasteiger partial charge in [0, 0.05) is 53.8 Å². The largest absolute Gasteiger partial charge is 0.479 e. The summed E-state index contributed by atoms with van der Waals surface area (Å²) in [5.41, 5.74) is 2.81. The average molecular weight is 602 g/mol. The topological polar surface area (TPSA) is 81.2 Å². The number of aryl methyl sites for hydroxylation is 1. The van der Waals surface area contributed by atoms with Crippen LogP contribution in [0.25, 0.3) is 10.6 Å². The zero-order valence-corrected chi connectivity index (χ0v) is 25.5. The molecule has 0 aliphatic carbocycles. The third-order valence-electron chi connectivity index (χ3n) is 6.58. The summed E-state index contributed by atoms with van der Waals surface area (Å²) in [6.45, 7) is 11.3. The van der Waals surface area contributed by atoms with Crippen LogP contribution in [0.2, 0.25) is 0 Å². The lowest BCUT2D eigenvalue weighted by Crippen LogP contribution is -2.48. The number of halogens is 1. The number of carbonyl (C=O) groups is 2. The zero-order chi connectivity index (χ0) is 29.4. The van der Waals surface area contributed by atoms with Crippen molar-refractivity contribution in [2.45, 2.75) is 51.0 Å². The summed E-state index contributed by atoms with van der Waals surface area (Å²) in [5, 5.41) is 0.855. The van der Waals surface area contributed by atoms with Crippen molar-refractivity contribution < 1.29 is 28.2 Å². The van der Waals surface area contributed by atoms with Gasteiger partial charge >= 0.3 is 12.1 Å². The molecule has 1 aliphatic heterocycles. The number of carbonyl (C=O) groups excluding carboxylic acids is 2. The second-order valence-electron chi connectivity index (χ2n) is 9.59. The van der Waals surface area contributed by atoms with Gasteiger partial charge in [-0.05, 0) is 75.7 Å². The molecule has 0 spiro atoms. The Kier molecular flexibility index (Phi) is 11.0. The molecule has 3 aromatic rings. The first kappa shape index (κ1) is 30.8. The van der Waals surface area contributed by atoms with Gasteiger partial charge in [-0.3, -0.25) is 4.90 Å². The van der Waals surface area contributed by atoms with Gasteiger partial charge in [0.2, 0.25) is 0 Å². The number of esters is 1. The summed E-state index contributed by atoms with van der Waals surface area (Å²) in [4.78, 5) is 35.3. The second-order valence-corrected chi connectivity index (χ2v) is 11.7. The fourth-order valence-electron chi connectivity index (χ4n) is 4.34. The Balaban J connectivity index is 1.45. The highest BCUT2D eigenvalue weighted by Gasteiger charge is 2.24. The van der Waals surface area contributed by atoms with Gasteiger partial charge in [-0.15, -0.1) is 23.1 Å². The number of ether oxygens (including phenoxy) is 3. The zero-order valence-electron chi connectivity index (χ0n) is 23.9. The lowest BCUT2D eigenvalue weighted by Gasteiger charge is -2.33. The molecule has 1 aromatic heterocycles. The van der Waals surface area contributed by atoms with Crippen LogP contribution in [0.15, 0.2) is 47.4 Å². The minimum Gasteiger partial charge on any atom is -0.479 e. The van der Waals surface area contributed by atoms with E-state index < -0.39 is 6.10 Å². The van der Waals surface area contributed by atoms with Crippen LogP contribution in [-0.2, 0) is 26.6 Å². The molecule has 1 fully saturated rings. The Morgan fingerprint density at radius 3 is 2.41 bits per heavy atom. The van der Waals surface area contributed by atoms with Crippen LogP contribution >= 0.6 is 23.1 Å². The normalized spacial score (nSPS) is 14.5.